The van der Waals surface area contributed by atoms with Gasteiger partial charge in [0.15, 0.2) is 0 Å². The van der Waals surface area contributed by atoms with E-state index in [1.54, 1.807) is 0 Å². The summed E-state index contributed by atoms with van der Waals surface area (Å²) in [7, 11) is 1.89. The highest BCUT2D eigenvalue weighted by molar-refractivity contribution is 6.20. The first-order valence-electron chi connectivity index (χ1n) is 12.0. The van der Waals surface area contributed by atoms with Crippen LogP contribution in [0.1, 0.15) is 72.1 Å². The van der Waals surface area contributed by atoms with E-state index in [2.05, 4.69) is 36.3 Å². The van der Waals surface area contributed by atoms with Crippen molar-refractivity contribution in [3.05, 3.63) is 0 Å². The van der Waals surface area contributed by atoms with Crippen LogP contribution in [0.25, 0.3) is 0 Å². The van der Waals surface area contributed by atoms with Crippen LogP contribution >= 0.6 is 11.6 Å². The lowest BCUT2D eigenvalue weighted by atomic mass is 9.65. The maximum absolute atomic E-state index is 6.55. The summed E-state index contributed by atoms with van der Waals surface area (Å²) in [6, 6.07) is 2.42. The lowest BCUT2D eigenvalue weighted by Gasteiger charge is -2.54. The molecule has 8 unspecified atom stereocenters. The first-order valence-corrected chi connectivity index (χ1v) is 12.4. The Kier molecular flexibility index (Phi) is 8.92. The molecule has 4 nitrogen and oxygen atoms in total. The fourth-order valence-corrected chi connectivity index (χ4v) is 6.48. The van der Waals surface area contributed by atoms with Crippen molar-refractivity contribution >= 4 is 11.6 Å². The van der Waals surface area contributed by atoms with E-state index in [1.807, 2.05) is 7.11 Å². The van der Waals surface area contributed by atoms with Gasteiger partial charge in [0, 0.05) is 36.7 Å². The van der Waals surface area contributed by atoms with E-state index in [-0.39, 0.29) is 0 Å². The molecule has 2 N–H and O–H groups in total. The summed E-state index contributed by atoms with van der Waals surface area (Å²) in [6.07, 6.45) is 10.2. The molecular formula is C23H44ClN3O. The number of rotatable bonds is 9. The van der Waals surface area contributed by atoms with Gasteiger partial charge in [-0.15, -0.1) is 11.6 Å². The molecule has 8 atom stereocenters. The van der Waals surface area contributed by atoms with E-state index in [1.165, 1.54) is 51.5 Å². The molecule has 164 valence electrons. The number of nitrogens with zero attached hydrogens (tertiary/aromatic N) is 1. The molecule has 1 saturated heterocycles. The quantitative estimate of drug-likeness (QED) is 0.560. The Hall–Kier alpha value is 0.130. The van der Waals surface area contributed by atoms with Gasteiger partial charge in [0.05, 0.1) is 6.10 Å². The molecule has 3 aliphatic rings. The number of nitrogens with one attached hydrogen (secondary N) is 2. The van der Waals surface area contributed by atoms with Gasteiger partial charge in [-0.2, -0.15) is 0 Å². The van der Waals surface area contributed by atoms with Gasteiger partial charge in [0.1, 0.15) is 0 Å². The van der Waals surface area contributed by atoms with Crippen LogP contribution in [0, 0.1) is 11.8 Å². The van der Waals surface area contributed by atoms with E-state index in [0.717, 1.165) is 25.4 Å². The van der Waals surface area contributed by atoms with Crippen LogP contribution in [-0.4, -0.2) is 67.3 Å². The van der Waals surface area contributed by atoms with Crippen LogP contribution in [0.2, 0.25) is 0 Å². The number of hydrogen-bond acceptors (Lipinski definition) is 4. The van der Waals surface area contributed by atoms with Gasteiger partial charge in [-0.3, -0.25) is 0 Å². The molecular weight excluding hydrogens is 370 g/mol. The Morgan fingerprint density at radius 2 is 1.86 bits per heavy atom. The Morgan fingerprint density at radius 1 is 1.07 bits per heavy atom. The Bertz CT molecular complexity index is 461. The minimum absolute atomic E-state index is 0.354. The first kappa shape index (κ1) is 22.8. The molecule has 1 aliphatic heterocycles. The zero-order valence-electron chi connectivity index (χ0n) is 18.6. The lowest BCUT2D eigenvalue weighted by molar-refractivity contribution is -0.0162. The predicted molar refractivity (Wildman–Crippen MR) is 119 cm³/mol. The molecule has 0 amide bonds. The summed E-state index contributed by atoms with van der Waals surface area (Å²) in [5.74, 6) is 1.41. The van der Waals surface area contributed by atoms with Crippen molar-refractivity contribution < 1.29 is 4.74 Å². The van der Waals surface area contributed by atoms with Crippen LogP contribution in [-0.2, 0) is 4.74 Å². The van der Waals surface area contributed by atoms with Crippen molar-refractivity contribution in [3.8, 4) is 0 Å². The monoisotopic (exact) mass is 413 g/mol. The molecule has 3 fully saturated rings. The average molecular weight is 414 g/mol. The zero-order valence-corrected chi connectivity index (χ0v) is 19.4. The number of hydrogen-bond donors (Lipinski definition) is 2. The summed E-state index contributed by atoms with van der Waals surface area (Å²) < 4.78 is 5.78. The molecule has 0 aromatic heterocycles. The highest BCUT2D eigenvalue weighted by Crippen LogP contribution is 2.42. The third-order valence-electron chi connectivity index (χ3n) is 7.86. The first-order chi connectivity index (χ1) is 13.5. The Morgan fingerprint density at radius 3 is 2.57 bits per heavy atom. The molecule has 2 aliphatic carbocycles. The number of ether oxygens (including phenoxy) is 1. The molecule has 0 radical (unpaired) electrons. The Labute approximate surface area is 178 Å². The standard InChI is InChI=1S/C23H44ClN3O/c1-5-27(6-2)13-7-8-16(3)25-23-19-11-9-17(24)14-22(19)26-21-12-10-18(28-4)15-20(21)23/h16-23,25-26H,5-15H2,1-4H3. The summed E-state index contributed by atoms with van der Waals surface area (Å²) >= 11 is 6.55. The van der Waals surface area contributed by atoms with Gasteiger partial charge in [-0.1, -0.05) is 13.8 Å². The fourth-order valence-electron chi connectivity index (χ4n) is 6.16. The molecule has 28 heavy (non-hydrogen) atoms. The third kappa shape index (κ3) is 5.63. The normalized spacial score (nSPS) is 39.4. The summed E-state index contributed by atoms with van der Waals surface area (Å²) in [4.78, 5) is 2.54. The molecule has 0 aromatic rings. The SMILES string of the molecule is CCN(CC)CCCC(C)NC1C2CCC(Cl)CC2NC2CCC(OC)CC21. The van der Waals surface area contributed by atoms with Gasteiger partial charge in [-0.25, -0.2) is 0 Å². The van der Waals surface area contributed by atoms with Crippen LogP contribution in [0.5, 0.6) is 0 Å². The van der Waals surface area contributed by atoms with Crippen LogP contribution in [0.15, 0.2) is 0 Å². The van der Waals surface area contributed by atoms with Crippen LogP contribution in [0.3, 0.4) is 0 Å². The maximum atomic E-state index is 6.55. The fraction of sp³-hybridized carbons (Fsp3) is 1.00. The van der Waals surface area contributed by atoms with Crippen molar-refractivity contribution in [2.75, 3.05) is 26.7 Å². The number of alkyl halides is 1. The molecule has 0 bridgehead atoms. The maximum Gasteiger partial charge on any atom is 0.0575 e. The summed E-state index contributed by atoms with van der Waals surface area (Å²) in [6.45, 7) is 10.5. The minimum atomic E-state index is 0.354. The molecule has 1 heterocycles. The number of fused-ring (bicyclic) bond motifs is 2. The highest BCUT2D eigenvalue weighted by atomic mass is 35.5. The third-order valence-corrected chi connectivity index (χ3v) is 8.25. The number of methoxy groups -OCH3 is 1. The lowest BCUT2D eigenvalue weighted by Crippen LogP contribution is -2.67. The topological polar surface area (TPSA) is 36.5 Å². The van der Waals surface area contributed by atoms with Gasteiger partial charge >= 0.3 is 0 Å². The summed E-state index contributed by atoms with van der Waals surface area (Å²) in [5.41, 5.74) is 0. The van der Waals surface area contributed by atoms with Crippen molar-refractivity contribution in [1.82, 2.24) is 15.5 Å². The van der Waals surface area contributed by atoms with Crippen molar-refractivity contribution in [2.45, 2.75) is 108 Å². The number of piperidine rings is 1. The van der Waals surface area contributed by atoms with Gasteiger partial charge < -0.3 is 20.3 Å². The largest absolute Gasteiger partial charge is 0.381 e. The molecule has 2 saturated carbocycles. The molecule has 0 aromatic carbocycles. The minimum Gasteiger partial charge on any atom is -0.381 e. The molecule has 5 heteroatoms. The van der Waals surface area contributed by atoms with E-state index in [9.17, 15) is 0 Å². The smallest absolute Gasteiger partial charge is 0.0575 e. The highest BCUT2D eigenvalue weighted by Gasteiger charge is 2.48. The average Bonchev–Trinajstić information content (AvgIpc) is 2.70. The zero-order chi connectivity index (χ0) is 20.1. The Balaban J connectivity index is 1.62. The van der Waals surface area contributed by atoms with Crippen molar-refractivity contribution in [2.24, 2.45) is 11.8 Å². The second-order valence-corrected chi connectivity index (χ2v) is 10.2. The van der Waals surface area contributed by atoms with Gasteiger partial charge in [-0.05, 0) is 89.8 Å². The molecule has 3 rings (SSSR count). The summed E-state index contributed by atoms with van der Waals surface area (Å²) in [5, 5.41) is 8.51. The van der Waals surface area contributed by atoms with Crippen molar-refractivity contribution in [3.63, 3.8) is 0 Å². The second-order valence-electron chi connectivity index (χ2n) is 9.55. The van der Waals surface area contributed by atoms with E-state index < -0.39 is 0 Å². The number of halogens is 1. The second kappa shape index (κ2) is 10.9. The van der Waals surface area contributed by atoms with Crippen LogP contribution < -0.4 is 10.6 Å². The predicted octanol–water partition coefficient (Wildman–Crippen LogP) is 4.02. The van der Waals surface area contributed by atoms with Crippen LogP contribution in [0.4, 0.5) is 0 Å². The van der Waals surface area contributed by atoms with E-state index in [4.69, 9.17) is 16.3 Å². The van der Waals surface area contributed by atoms with Crippen molar-refractivity contribution in [1.29, 1.82) is 0 Å². The van der Waals surface area contributed by atoms with E-state index >= 15 is 0 Å². The van der Waals surface area contributed by atoms with Gasteiger partial charge in [0.2, 0.25) is 0 Å². The van der Waals surface area contributed by atoms with E-state index in [0.29, 0.717) is 41.6 Å². The van der Waals surface area contributed by atoms with Gasteiger partial charge in [0.25, 0.3) is 0 Å². The molecule has 0 spiro atoms.